The number of rotatable bonds is 6. The molecule has 0 N–H and O–H groups in total. The Balaban J connectivity index is 1.36. The van der Waals surface area contributed by atoms with Crippen LogP contribution in [0.4, 0.5) is 0 Å². The van der Waals surface area contributed by atoms with Crippen LogP contribution in [0.1, 0.15) is 57.0 Å². The molecule has 0 saturated carbocycles. The van der Waals surface area contributed by atoms with Crippen LogP contribution in [0.2, 0.25) is 0 Å². The molecular formula is C19H31N3O3. The molecule has 140 valence electrons. The molecule has 6 nitrogen and oxygen atoms in total. The highest BCUT2D eigenvalue weighted by atomic mass is 16.5. The Morgan fingerprint density at radius 1 is 1.24 bits per heavy atom. The molecule has 0 aromatic carbocycles. The van der Waals surface area contributed by atoms with Crippen molar-refractivity contribution in [2.75, 3.05) is 39.4 Å². The van der Waals surface area contributed by atoms with Crippen molar-refractivity contribution in [2.24, 2.45) is 5.92 Å². The Labute approximate surface area is 150 Å². The highest BCUT2D eigenvalue weighted by molar-refractivity contribution is 5.76. The van der Waals surface area contributed by atoms with Gasteiger partial charge in [-0.15, -0.1) is 0 Å². The quantitative estimate of drug-likeness (QED) is 0.790. The number of morpholine rings is 1. The number of piperidine rings is 1. The van der Waals surface area contributed by atoms with Crippen molar-refractivity contribution in [2.45, 2.75) is 52.0 Å². The van der Waals surface area contributed by atoms with Gasteiger partial charge in [0.2, 0.25) is 5.91 Å². The fourth-order valence-electron chi connectivity index (χ4n) is 3.62. The van der Waals surface area contributed by atoms with Crippen molar-refractivity contribution >= 4 is 5.91 Å². The maximum absolute atomic E-state index is 12.2. The van der Waals surface area contributed by atoms with Crippen molar-refractivity contribution in [1.29, 1.82) is 0 Å². The molecule has 2 aliphatic rings. The van der Waals surface area contributed by atoms with Gasteiger partial charge < -0.3 is 14.1 Å². The molecule has 3 rings (SSSR count). The smallest absolute Gasteiger partial charge is 0.222 e. The van der Waals surface area contributed by atoms with E-state index >= 15 is 0 Å². The number of aromatic nitrogens is 1. The van der Waals surface area contributed by atoms with Crippen molar-refractivity contribution in [1.82, 2.24) is 14.8 Å². The molecule has 6 heteroatoms. The van der Waals surface area contributed by atoms with Gasteiger partial charge in [-0.2, -0.15) is 0 Å². The van der Waals surface area contributed by atoms with Crippen LogP contribution in [-0.4, -0.2) is 60.1 Å². The lowest BCUT2D eigenvalue weighted by Crippen LogP contribution is -2.41. The SMILES string of the molecule is CC(C)c1nc(CN2CCC(CCC(=O)N3CCOCC3)CC2)co1. The van der Waals surface area contributed by atoms with Gasteiger partial charge in [0, 0.05) is 32.0 Å². The maximum atomic E-state index is 12.2. The monoisotopic (exact) mass is 349 g/mol. The topological polar surface area (TPSA) is 58.8 Å². The summed E-state index contributed by atoms with van der Waals surface area (Å²) in [4.78, 5) is 21.2. The van der Waals surface area contributed by atoms with E-state index in [1.165, 1.54) is 12.8 Å². The third kappa shape index (κ3) is 5.28. The molecule has 3 heterocycles. The van der Waals surface area contributed by atoms with Crippen molar-refractivity contribution in [3.63, 3.8) is 0 Å². The Kier molecular flexibility index (Phi) is 6.48. The normalized spacial score (nSPS) is 20.4. The van der Waals surface area contributed by atoms with E-state index in [1.807, 2.05) is 4.90 Å². The summed E-state index contributed by atoms with van der Waals surface area (Å²) in [6.07, 6.45) is 5.84. The molecule has 1 aromatic rings. The molecule has 1 aromatic heterocycles. The summed E-state index contributed by atoms with van der Waals surface area (Å²) >= 11 is 0. The molecular weight excluding hydrogens is 318 g/mol. The second kappa shape index (κ2) is 8.81. The van der Waals surface area contributed by atoms with E-state index in [-0.39, 0.29) is 0 Å². The largest absolute Gasteiger partial charge is 0.448 e. The molecule has 0 bridgehead atoms. The van der Waals surface area contributed by atoms with Gasteiger partial charge in [0.15, 0.2) is 5.89 Å². The molecule has 0 aliphatic carbocycles. The van der Waals surface area contributed by atoms with Gasteiger partial charge in [-0.1, -0.05) is 13.8 Å². The first-order chi connectivity index (χ1) is 12.1. The van der Waals surface area contributed by atoms with Gasteiger partial charge in [-0.05, 0) is 38.3 Å². The Bertz CT molecular complexity index is 544. The van der Waals surface area contributed by atoms with E-state index in [9.17, 15) is 4.79 Å². The summed E-state index contributed by atoms with van der Waals surface area (Å²) in [5, 5.41) is 0. The molecule has 0 radical (unpaired) electrons. The molecule has 1 amide bonds. The molecule has 2 aliphatic heterocycles. The van der Waals surface area contributed by atoms with E-state index in [2.05, 4.69) is 23.7 Å². The molecule has 0 atom stereocenters. The zero-order valence-corrected chi connectivity index (χ0v) is 15.6. The summed E-state index contributed by atoms with van der Waals surface area (Å²) in [5.41, 5.74) is 1.03. The average Bonchev–Trinajstić information content (AvgIpc) is 3.10. The molecule has 2 saturated heterocycles. The highest BCUT2D eigenvalue weighted by Crippen LogP contribution is 2.24. The summed E-state index contributed by atoms with van der Waals surface area (Å²) in [6, 6.07) is 0. The van der Waals surface area contributed by atoms with Gasteiger partial charge in [-0.3, -0.25) is 9.69 Å². The first-order valence-corrected chi connectivity index (χ1v) is 9.64. The Hall–Kier alpha value is -1.40. The number of oxazole rings is 1. The maximum Gasteiger partial charge on any atom is 0.222 e. The number of nitrogens with zero attached hydrogens (tertiary/aromatic N) is 3. The average molecular weight is 349 g/mol. The van der Waals surface area contributed by atoms with Crippen LogP contribution in [0.5, 0.6) is 0 Å². The van der Waals surface area contributed by atoms with Crippen molar-refractivity contribution in [3.05, 3.63) is 17.8 Å². The summed E-state index contributed by atoms with van der Waals surface area (Å²) in [7, 11) is 0. The third-order valence-electron chi connectivity index (χ3n) is 5.29. The van der Waals surface area contributed by atoms with Gasteiger partial charge in [-0.25, -0.2) is 4.98 Å². The minimum atomic E-state index is 0.301. The Morgan fingerprint density at radius 3 is 2.60 bits per heavy atom. The zero-order chi connectivity index (χ0) is 17.6. The number of carbonyl (C=O) groups is 1. The lowest BCUT2D eigenvalue weighted by atomic mass is 9.92. The van der Waals surface area contributed by atoms with Crippen molar-refractivity contribution < 1.29 is 13.9 Å². The second-order valence-corrected chi connectivity index (χ2v) is 7.58. The lowest BCUT2D eigenvalue weighted by molar-refractivity contribution is -0.135. The molecule has 25 heavy (non-hydrogen) atoms. The van der Waals surface area contributed by atoms with Crippen LogP contribution in [-0.2, 0) is 16.1 Å². The fraction of sp³-hybridized carbons (Fsp3) is 0.789. The van der Waals surface area contributed by atoms with Crippen LogP contribution in [0.3, 0.4) is 0 Å². The number of hydrogen-bond donors (Lipinski definition) is 0. The summed E-state index contributed by atoms with van der Waals surface area (Å²) in [5.74, 6) is 2.13. The number of amides is 1. The summed E-state index contributed by atoms with van der Waals surface area (Å²) < 4.78 is 10.8. The van der Waals surface area contributed by atoms with Crippen molar-refractivity contribution in [3.8, 4) is 0 Å². The van der Waals surface area contributed by atoms with Crippen LogP contribution in [0.25, 0.3) is 0 Å². The van der Waals surface area contributed by atoms with E-state index in [0.717, 1.165) is 50.7 Å². The molecule has 0 unspecified atom stereocenters. The van der Waals surface area contributed by atoms with Gasteiger partial charge in [0.05, 0.1) is 18.9 Å². The predicted octanol–water partition coefficient (Wildman–Crippen LogP) is 2.65. The standard InChI is InChI=1S/C19H31N3O3/c1-15(2)19-20-17(14-25-19)13-21-7-5-16(6-8-21)3-4-18(23)22-9-11-24-12-10-22/h14-16H,3-13H2,1-2H3. The Morgan fingerprint density at radius 2 is 1.96 bits per heavy atom. The van der Waals surface area contributed by atoms with Crippen LogP contribution in [0.15, 0.2) is 10.7 Å². The van der Waals surface area contributed by atoms with Crippen LogP contribution >= 0.6 is 0 Å². The van der Waals surface area contributed by atoms with E-state index in [4.69, 9.17) is 9.15 Å². The minimum absolute atomic E-state index is 0.301. The second-order valence-electron chi connectivity index (χ2n) is 7.58. The molecule has 0 spiro atoms. The van der Waals surface area contributed by atoms with Gasteiger partial charge in [0.1, 0.15) is 6.26 Å². The van der Waals surface area contributed by atoms with Gasteiger partial charge >= 0.3 is 0 Å². The summed E-state index contributed by atoms with van der Waals surface area (Å²) in [6.45, 7) is 10.1. The van der Waals surface area contributed by atoms with E-state index in [1.54, 1.807) is 6.26 Å². The third-order valence-corrected chi connectivity index (χ3v) is 5.29. The minimum Gasteiger partial charge on any atom is -0.448 e. The number of carbonyl (C=O) groups excluding carboxylic acids is 1. The number of ether oxygens (including phenoxy) is 1. The lowest BCUT2D eigenvalue weighted by Gasteiger charge is -2.32. The molecule has 2 fully saturated rings. The van der Waals surface area contributed by atoms with Gasteiger partial charge in [0.25, 0.3) is 0 Å². The fourth-order valence-corrected chi connectivity index (χ4v) is 3.62. The first kappa shape index (κ1) is 18.4. The van der Waals surface area contributed by atoms with Crippen LogP contribution in [0, 0.1) is 5.92 Å². The number of likely N-dealkylation sites (tertiary alicyclic amines) is 1. The number of hydrogen-bond acceptors (Lipinski definition) is 5. The first-order valence-electron chi connectivity index (χ1n) is 9.64. The zero-order valence-electron chi connectivity index (χ0n) is 15.6. The van der Waals surface area contributed by atoms with Crippen LogP contribution < -0.4 is 0 Å². The van der Waals surface area contributed by atoms with E-state index < -0.39 is 0 Å². The predicted molar refractivity (Wildman–Crippen MR) is 95.2 cm³/mol. The van der Waals surface area contributed by atoms with E-state index in [0.29, 0.717) is 37.4 Å². The highest BCUT2D eigenvalue weighted by Gasteiger charge is 2.23.